The van der Waals surface area contributed by atoms with E-state index in [1.165, 1.54) is 11.0 Å². The Kier molecular flexibility index (Phi) is 7.41. The number of hydrogen-bond donors (Lipinski definition) is 6. The molecule has 2 aromatic carbocycles. The molecule has 1 saturated carbocycles. The zero-order valence-electron chi connectivity index (χ0n) is 24.2. The second kappa shape index (κ2) is 10.6. The van der Waals surface area contributed by atoms with Crippen molar-refractivity contribution >= 4 is 34.8 Å². The summed E-state index contributed by atoms with van der Waals surface area (Å²) in [6.45, 7) is 0.186. The third kappa shape index (κ3) is 4.67. The number of nitrogens with two attached hydrogens (primary N) is 1. The first kappa shape index (κ1) is 30.0. The third-order valence-corrected chi connectivity index (χ3v) is 8.52. The molecule has 0 saturated heterocycles. The molecule has 0 aliphatic heterocycles. The van der Waals surface area contributed by atoms with Crippen LogP contribution in [0.15, 0.2) is 53.3 Å². The van der Waals surface area contributed by atoms with Crippen LogP contribution in [0.3, 0.4) is 0 Å². The predicted molar refractivity (Wildman–Crippen MR) is 157 cm³/mol. The molecule has 43 heavy (non-hydrogen) atoms. The van der Waals surface area contributed by atoms with Crippen LogP contribution < -0.4 is 11.1 Å². The first-order valence-electron chi connectivity index (χ1n) is 13.7. The Labute approximate surface area is 247 Å². The number of Topliss-reactive ketones (excluding diaryl/α,β-unsaturated/α-hetero) is 2. The Hall–Kier alpha value is -4.52. The van der Waals surface area contributed by atoms with Gasteiger partial charge in [0.05, 0.1) is 18.2 Å². The molecule has 12 nitrogen and oxygen atoms in total. The molecule has 7 N–H and O–H groups in total. The number of phenols is 1. The van der Waals surface area contributed by atoms with E-state index in [1.54, 1.807) is 57.4 Å². The molecule has 0 radical (unpaired) electrons. The number of aliphatic hydroxyl groups excluding tert-OH is 2. The molecule has 0 bridgehead atoms. The summed E-state index contributed by atoms with van der Waals surface area (Å²) in [5, 5.41) is 47.9. The fourth-order valence-electron chi connectivity index (χ4n) is 6.77. The average Bonchev–Trinajstić information content (AvgIpc) is 2.90. The van der Waals surface area contributed by atoms with Gasteiger partial charge in [-0.2, -0.15) is 0 Å². The molecule has 0 heterocycles. The van der Waals surface area contributed by atoms with Gasteiger partial charge in [0.2, 0.25) is 11.7 Å². The maximum atomic E-state index is 14.0. The van der Waals surface area contributed by atoms with Gasteiger partial charge in [-0.15, -0.1) is 0 Å². The molecule has 4 atom stereocenters. The molecular weight excluding hydrogens is 556 g/mol. The number of carbonyl (C=O) groups excluding carboxylic acids is 4. The number of primary amides is 1. The van der Waals surface area contributed by atoms with Crippen LogP contribution >= 0.6 is 0 Å². The van der Waals surface area contributed by atoms with Gasteiger partial charge in [0, 0.05) is 17.2 Å². The number of aromatic hydroxyl groups is 1. The summed E-state index contributed by atoms with van der Waals surface area (Å²) in [7, 11) is 6.66. The smallest absolute Gasteiger partial charge is 0.255 e. The largest absolute Gasteiger partial charge is 0.508 e. The fraction of sp³-hybridized carbons (Fsp3) is 0.355. The molecule has 3 aliphatic rings. The van der Waals surface area contributed by atoms with Gasteiger partial charge in [-0.25, -0.2) is 0 Å². The zero-order chi connectivity index (χ0) is 31.5. The van der Waals surface area contributed by atoms with E-state index < -0.39 is 58.0 Å². The van der Waals surface area contributed by atoms with Crippen molar-refractivity contribution in [2.75, 3.05) is 40.1 Å². The van der Waals surface area contributed by atoms with Gasteiger partial charge in [-0.3, -0.25) is 24.1 Å². The fourth-order valence-corrected chi connectivity index (χ4v) is 6.77. The highest BCUT2D eigenvalue weighted by Crippen LogP contribution is 2.53. The highest BCUT2D eigenvalue weighted by Gasteiger charge is 2.64. The van der Waals surface area contributed by atoms with E-state index in [-0.39, 0.29) is 42.2 Å². The Morgan fingerprint density at radius 3 is 2.40 bits per heavy atom. The molecule has 226 valence electrons. The molecule has 12 heteroatoms. The number of benzene rings is 2. The minimum Gasteiger partial charge on any atom is -0.508 e. The maximum absolute atomic E-state index is 14.0. The standard InChI is InChI=1S/C31H34N4O8/c1-34(2)13-21(37)33-16-7-5-6-14(10-16)17-8-9-20(36)23-18(17)11-15-12-19-25(35(3)4)27(39)24(30(32)42)29(41)31(19,43)28(40)22(15)26(23)38/h5-10,15,19,25,36,38,41,43H,11-13H2,1-4H3,(H2,32,42)(H,33,37)/t15-,19-,25?,31-/m0/s1. The Morgan fingerprint density at radius 2 is 1.77 bits per heavy atom. The molecule has 3 aliphatic carbocycles. The number of anilines is 1. The number of phenolic OH excluding ortho intramolecular Hbond substituents is 1. The Balaban J connectivity index is 1.64. The molecule has 0 spiro atoms. The Bertz CT molecular complexity index is 1640. The van der Waals surface area contributed by atoms with Crippen molar-refractivity contribution in [3.63, 3.8) is 0 Å². The van der Waals surface area contributed by atoms with E-state index in [9.17, 15) is 39.6 Å². The monoisotopic (exact) mass is 590 g/mol. The lowest BCUT2D eigenvalue weighted by molar-refractivity contribution is -0.153. The quantitative estimate of drug-likeness (QED) is 0.266. The summed E-state index contributed by atoms with van der Waals surface area (Å²) in [5.41, 5.74) is 3.99. The van der Waals surface area contributed by atoms with Gasteiger partial charge < -0.3 is 36.4 Å². The van der Waals surface area contributed by atoms with Crippen LogP contribution in [0.25, 0.3) is 16.9 Å². The lowest BCUT2D eigenvalue weighted by Crippen LogP contribution is -2.65. The highest BCUT2D eigenvalue weighted by molar-refractivity contribution is 6.24. The normalized spacial score (nSPS) is 25.0. The van der Waals surface area contributed by atoms with Gasteiger partial charge in [-0.05, 0) is 81.8 Å². The van der Waals surface area contributed by atoms with E-state index in [2.05, 4.69) is 5.32 Å². The summed E-state index contributed by atoms with van der Waals surface area (Å²) in [6.07, 6.45) is 0.136. The summed E-state index contributed by atoms with van der Waals surface area (Å²) in [5.74, 6) is -7.23. The SMILES string of the molecule is CN(C)CC(=O)Nc1cccc(-c2ccc(O)c3c2C[C@H]2C[C@H]4C(N(C)C)C(=O)C(C(N)=O)=C(O)[C@@]4(O)C(=O)C2=C3O)c1. The summed E-state index contributed by atoms with van der Waals surface area (Å²) in [4.78, 5) is 55.0. The molecular formula is C31H34N4O8. The van der Waals surface area contributed by atoms with Crippen molar-refractivity contribution < 1.29 is 39.6 Å². The van der Waals surface area contributed by atoms with Crippen molar-refractivity contribution in [3.8, 4) is 16.9 Å². The summed E-state index contributed by atoms with van der Waals surface area (Å²) in [6, 6.07) is 8.95. The van der Waals surface area contributed by atoms with Gasteiger partial charge in [0.1, 0.15) is 22.8 Å². The number of nitrogens with one attached hydrogen (secondary N) is 1. The van der Waals surface area contributed by atoms with Crippen LogP contribution in [0.5, 0.6) is 5.75 Å². The number of likely N-dealkylation sites (N-methyl/N-ethyl adjacent to an activating group) is 2. The maximum Gasteiger partial charge on any atom is 0.255 e. The van der Waals surface area contributed by atoms with Crippen LogP contribution in [-0.4, -0.2) is 100.0 Å². The average molecular weight is 591 g/mol. The van der Waals surface area contributed by atoms with Crippen molar-refractivity contribution in [2.24, 2.45) is 17.6 Å². The molecule has 1 fully saturated rings. The number of rotatable bonds is 6. The van der Waals surface area contributed by atoms with Crippen LogP contribution in [0.2, 0.25) is 0 Å². The molecule has 5 rings (SSSR count). The van der Waals surface area contributed by atoms with Crippen molar-refractivity contribution in [2.45, 2.75) is 24.5 Å². The number of ketones is 2. The second-order valence-electron chi connectivity index (χ2n) is 11.8. The van der Waals surface area contributed by atoms with Crippen LogP contribution in [-0.2, 0) is 25.6 Å². The predicted octanol–water partition coefficient (Wildman–Crippen LogP) is 1.13. The van der Waals surface area contributed by atoms with Crippen LogP contribution in [0, 0.1) is 11.8 Å². The van der Waals surface area contributed by atoms with E-state index >= 15 is 0 Å². The molecule has 2 aromatic rings. The van der Waals surface area contributed by atoms with Crippen molar-refractivity contribution in [3.05, 3.63) is 64.4 Å². The lowest BCUT2D eigenvalue weighted by Gasteiger charge is -2.50. The number of nitrogens with zero attached hydrogens (tertiary/aromatic N) is 2. The van der Waals surface area contributed by atoms with Crippen LogP contribution in [0.4, 0.5) is 5.69 Å². The van der Waals surface area contributed by atoms with Gasteiger partial charge >= 0.3 is 0 Å². The first-order chi connectivity index (χ1) is 20.2. The number of amides is 2. The van der Waals surface area contributed by atoms with Crippen LogP contribution in [0.1, 0.15) is 17.5 Å². The topological polar surface area (TPSA) is 194 Å². The minimum atomic E-state index is -2.70. The van der Waals surface area contributed by atoms with Gasteiger partial charge in [0.25, 0.3) is 5.91 Å². The molecule has 1 unspecified atom stereocenters. The lowest BCUT2D eigenvalue weighted by atomic mass is 9.57. The Morgan fingerprint density at radius 1 is 1.07 bits per heavy atom. The van der Waals surface area contributed by atoms with Crippen molar-refractivity contribution in [1.29, 1.82) is 0 Å². The third-order valence-electron chi connectivity index (χ3n) is 8.52. The van der Waals surface area contributed by atoms with E-state index in [1.807, 2.05) is 6.07 Å². The highest BCUT2D eigenvalue weighted by atomic mass is 16.3. The van der Waals surface area contributed by atoms with Gasteiger partial charge in [0.15, 0.2) is 11.4 Å². The number of aliphatic hydroxyl groups is 3. The zero-order valence-corrected chi connectivity index (χ0v) is 24.2. The van der Waals surface area contributed by atoms with E-state index in [0.717, 1.165) is 0 Å². The summed E-state index contributed by atoms with van der Waals surface area (Å²) >= 11 is 0. The van der Waals surface area contributed by atoms with Gasteiger partial charge in [-0.1, -0.05) is 18.2 Å². The second-order valence-corrected chi connectivity index (χ2v) is 11.8. The molecule has 0 aromatic heterocycles. The van der Waals surface area contributed by atoms with Crippen molar-refractivity contribution in [1.82, 2.24) is 9.80 Å². The summed E-state index contributed by atoms with van der Waals surface area (Å²) < 4.78 is 0. The van der Waals surface area contributed by atoms with E-state index in [0.29, 0.717) is 22.4 Å². The van der Waals surface area contributed by atoms with E-state index in [4.69, 9.17) is 5.73 Å². The minimum absolute atomic E-state index is 0.00386. The molecule has 2 amide bonds. The number of fused-ring (bicyclic) bond motifs is 3. The number of hydrogen-bond acceptors (Lipinski definition) is 10. The number of carbonyl (C=O) groups is 4. The first-order valence-corrected chi connectivity index (χ1v) is 13.7.